The fraction of sp³-hybridized carbons (Fsp3) is 0.174. The Labute approximate surface area is 182 Å². The summed E-state index contributed by atoms with van der Waals surface area (Å²) in [5.41, 5.74) is 2.05. The van der Waals surface area contributed by atoms with E-state index in [0.717, 1.165) is 12.1 Å². The Morgan fingerprint density at radius 1 is 1.00 bits per heavy atom. The van der Waals surface area contributed by atoms with Crippen LogP contribution < -0.4 is 5.32 Å². The van der Waals surface area contributed by atoms with E-state index < -0.39 is 23.4 Å². The number of amides is 1. The Balaban J connectivity index is 1.53. The van der Waals surface area contributed by atoms with Crippen LogP contribution in [0.4, 0.5) is 13.2 Å². The zero-order chi connectivity index (χ0) is 23.0. The molecule has 0 atom stereocenters. The van der Waals surface area contributed by atoms with Gasteiger partial charge in [0.25, 0.3) is 5.91 Å². The number of carbonyl (C=O) groups excluding carboxylic acids is 1. The van der Waals surface area contributed by atoms with E-state index in [1.165, 1.54) is 16.8 Å². The van der Waals surface area contributed by atoms with E-state index in [4.69, 9.17) is 0 Å². The van der Waals surface area contributed by atoms with Crippen LogP contribution in [0.15, 0.2) is 48.8 Å². The monoisotopic (exact) mass is 439 g/mol. The molecule has 0 bridgehead atoms. The lowest BCUT2D eigenvalue weighted by Crippen LogP contribution is -2.24. The molecule has 1 amide bonds. The van der Waals surface area contributed by atoms with Gasteiger partial charge < -0.3 is 9.88 Å². The molecule has 0 saturated carbocycles. The fourth-order valence-electron chi connectivity index (χ4n) is 3.62. The first-order valence-electron chi connectivity index (χ1n) is 9.85. The zero-order valence-corrected chi connectivity index (χ0v) is 17.7. The quantitative estimate of drug-likeness (QED) is 0.504. The van der Waals surface area contributed by atoms with E-state index in [2.05, 4.69) is 15.4 Å². The van der Waals surface area contributed by atoms with E-state index >= 15 is 0 Å². The number of hydrogen-bond acceptors (Lipinski definition) is 3. The van der Waals surface area contributed by atoms with E-state index in [1.807, 2.05) is 0 Å². The van der Waals surface area contributed by atoms with Crippen LogP contribution in [0.1, 0.15) is 33.1 Å². The molecule has 0 aliphatic rings. The third kappa shape index (κ3) is 3.89. The molecule has 4 rings (SSSR count). The summed E-state index contributed by atoms with van der Waals surface area (Å²) in [6.45, 7) is 5.12. The standard InChI is InChI=1S/C23H20F3N5O/c1-13-22(14(2)31(29-13)21-7-5-17(24)11-19(21)26)23(32)28-12-16-4-6-20(18(25)10-16)30-9-8-27-15(30)3/h4-11H,12H2,1-3H3,(H,28,32). The van der Waals surface area contributed by atoms with E-state index in [-0.39, 0.29) is 17.8 Å². The van der Waals surface area contributed by atoms with Crippen molar-refractivity contribution in [2.75, 3.05) is 0 Å². The second kappa shape index (κ2) is 8.33. The van der Waals surface area contributed by atoms with Gasteiger partial charge in [-0.1, -0.05) is 6.07 Å². The van der Waals surface area contributed by atoms with Crippen molar-refractivity contribution in [1.29, 1.82) is 0 Å². The molecule has 6 nitrogen and oxygen atoms in total. The van der Waals surface area contributed by atoms with Crippen LogP contribution in [0, 0.1) is 38.2 Å². The highest BCUT2D eigenvalue weighted by Crippen LogP contribution is 2.21. The van der Waals surface area contributed by atoms with Gasteiger partial charge in [0.2, 0.25) is 0 Å². The number of nitrogens with one attached hydrogen (secondary N) is 1. The highest BCUT2D eigenvalue weighted by atomic mass is 19.1. The normalized spacial score (nSPS) is 11.1. The summed E-state index contributed by atoms with van der Waals surface area (Å²) in [5, 5.41) is 6.98. The zero-order valence-electron chi connectivity index (χ0n) is 17.7. The topological polar surface area (TPSA) is 64.7 Å². The summed E-state index contributed by atoms with van der Waals surface area (Å²) in [5.74, 6) is -1.70. The maximum absolute atomic E-state index is 14.6. The molecular weight excluding hydrogens is 419 g/mol. The highest BCUT2D eigenvalue weighted by Gasteiger charge is 2.21. The summed E-state index contributed by atoms with van der Waals surface area (Å²) in [6.07, 6.45) is 3.26. The fourth-order valence-corrected chi connectivity index (χ4v) is 3.62. The molecule has 2 heterocycles. The second-order valence-electron chi connectivity index (χ2n) is 7.37. The lowest BCUT2D eigenvalue weighted by molar-refractivity contribution is 0.0949. The van der Waals surface area contributed by atoms with Crippen LogP contribution in [-0.4, -0.2) is 25.2 Å². The van der Waals surface area contributed by atoms with Gasteiger partial charge in [-0.3, -0.25) is 4.79 Å². The lowest BCUT2D eigenvalue weighted by Gasteiger charge is -2.10. The van der Waals surface area contributed by atoms with E-state index in [0.29, 0.717) is 28.5 Å². The molecule has 164 valence electrons. The van der Waals surface area contributed by atoms with Gasteiger partial charge in [0.05, 0.1) is 22.6 Å². The molecule has 0 saturated heterocycles. The van der Waals surface area contributed by atoms with Crippen LogP contribution in [0.5, 0.6) is 0 Å². The van der Waals surface area contributed by atoms with Gasteiger partial charge >= 0.3 is 0 Å². The summed E-state index contributed by atoms with van der Waals surface area (Å²) >= 11 is 0. The third-order valence-electron chi connectivity index (χ3n) is 5.21. The van der Waals surface area contributed by atoms with Crippen molar-refractivity contribution in [3.63, 3.8) is 0 Å². The Bertz CT molecular complexity index is 1330. The number of rotatable bonds is 5. The van der Waals surface area contributed by atoms with Crippen molar-refractivity contribution >= 4 is 5.91 Å². The largest absolute Gasteiger partial charge is 0.348 e. The first-order chi connectivity index (χ1) is 15.3. The number of carbonyl (C=O) groups is 1. The second-order valence-corrected chi connectivity index (χ2v) is 7.37. The number of imidazole rings is 1. The van der Waals surface area contributed by atoms with Crippen LogP contribution in [0.25, 0.3) is 11.4 Å². The number of aryl methyl sites for hydroxylation is 2. The van der Waals surface area contributed by atoms with Crippen molar-refractivity contribution in [1.82, 2.24) is 24.6 Å². The van der Waals surface area contributed by atoms with Crippen molar-refractivity contribution in [3.8, 4) is 11.4 Å². The predicted molar refractivity (Wildman–Crippen MR) is 112 cm³/mol. The maximum Gasteiger partial charge on any atom is 0.255 e. The highest BCUT2D eigenvalue weighted by molar-refractivity contribution is 5.96. The van der Waals surface area contributed by atoms with Crippen molar-refractivity contribution in [3.05, 3.63) is 94.6 Å². The summed E-state index contributed by atoms with van der Waals surface area (Å²) < 4.78 is 44.9. The third-order valence-corrected chi connectivity index (χ3v) is 5.21. The van der Waals surface area contributed by atoms with E-state index in [9.17, 15) is 18.0 Å². The number of benzene rings is 2. The Hall–Kier alpha value is -3.88. The Morgan fingerprint density at radius 3 is 2.38 bits per heavy atom. The molecule has 2 aromatic heterocycles. The smallest absolute Gasteiger partial charge is 0.255 e. The molecule has 0 aliphatic carbocycles. The summed E-state index contributed by atoms with van der Waals surface area (Å²) in [4.78, 5) is 16.9. The van der Waals surface area contributed by atoms with Gasteiger partial charge in [0.1, 0.15) is 23.1 Å². The van der Waals surface area contributed by atoms with Gasteiger partial charge in [0, 0.05) is 25.0 Å². The van der Waals surface area contributed by atoms with Crippen molar-refractivity contribution < 1.29 is 18.0 Å². The minimum absolute atomic E-state index is 0.0403. The van der Waals surface area contributed by atoms with E-state index in [1.54, 1.807) is 49.9 Å². The minimum atomic E-state index is -0.786. The molecule has 0 unspecified atom stereocenters. The number of halogens is 3. The molecule has 0 aliphatic heterocycles. The summed E-state index contributed by atoms with van der Waals surface area (Å²) in [6, 6.07) is 7.84. The van der Waals surface area contributed by atoms with Gasteiger partial charge in [0.15, 0.2) is 5.82 Å². The predicted octanol–water partition coefficient (Wildman–Crippen LogP) is 4.33. The van der Waals surface area contributed by atoms with Gasteiger partial charge in [-0.25, -0.2) is 22.8 Å². The molecule has 9 heteroatoms. The van der Waals surface area contributed by atoms with Crippen LogP contribution in [0.3, 0.4) is 0 Å². The van der Waals surface area contributed by atoms with Gasteiger partial charge in [-0.15, -0.1) is 0 Å². The molecule has 4 aromatic rings. The first-order valence-corrected chi connectivity index (χ1v) is 9.85. The van der Waals surface area contributed by atoms with Crippen LogP contribution in [0.2, 0.25) is 0 Å². The van der Waals surface area contributed by atoms with Crippen molar-refractivity contribution in [2.24, 2.45) is 0 Å². The Kier molecular flexibility index (Phi) is 5.56. The lowest BCUT2D eigenvalue weighted by atomic mass is 10.1. The molecule has 0 fully saturated rings. The van der Waals surface area contributed by atoms with Crippen LogP contribution >= 0.6 is 0 Å². The number of aromatic nitrogens is 4. The first kappa shape index (κ1) is 21.4. The summed E-state index contributed by atoms with van der Waals surface area (Å²) in [7, 11) is 0. The molecule has 1 N–H and O–H groups in total. The molecule has 2 aromatic carbocycles. The Morgan fingerprint density at radius 2 is 1.72 bits per heavy atom. The average molecular weight is 439 g/mol. The molecule has 0 radical (unpaired) electrons. The molecule has 0 spiro atoms. The SMILES string of the molecule is Cc1nn(-c2ccc(F)cc2F)c(C)c1C(=O)NCc1ccc(-n2ccnc2C)c(F)c1. The average Bonchev–Trinajstić information content (AvgIpc) is 3.29. The number of hydrogen-bond donors (Lipinski definition) is 1. The van der Waals surface area contributed by atoms with Crippen LogP contribution in [-0.2, 0) is 6.54 Å². The minimum Gasteiger partial charge on any atom is -0.348 e. The molecule has 32 heavy (non-hydrogen) atoms. The van der Waals surface area contributed by atoms with Gasteiger partial charge in [-0.05, 0) is 50.6 Å². The molecular formula is C23H20F3N5O. The van der Waals surface area contributed by atoms with Gasteiger partial charge in [-0.2, -0.15) is 5.10 Å². The van der Waals surface area contributed by atoms with Crippen molar-refractivity contribution in [2.45, 2.75) is 27.3 Å². The maximum atomic E-state index is 14.6. The number of nitrogens with zero attached hydrogens (tertiary/aromatic N) is 4.